The molecule has 5 rings (SSSR count). The molecular formula is C25H22N2O2S. The third-order valence-corrected chi connectivity index (χ3v) is 7.61. The fraction of sp³-hybridized carbons (Fsp3) is 0.120. The molecule has 2 heterocycles. The highest BCUT2D eigenvalue weighted by atomic mass is 32.2. The van der Waals surface area contributed by atoms with Crippen LogP contribution in [0.15, 0.2) is 90.3 Å². The zero-order valence-corrected chi connectivity index (χ0v) is 17.5. The molecule has 0 bridgehead atoms. The van der Waals surface area contributed by atoms with Crippen molar-refractivity contribution in [3.05, 3.63) is 96.6 Å². The fourth-order valence-corrected chi connectivity index (χ4v) is 5.80. The topological polar surface area (TPSA) is 53.2 Å². The number of para-hydroxylation sites is 2. The van der Waals surface area contributed by atoms with Crippen LogP contribution in [0.4, 0.5) is 5.69 Å². The normalized spacial score (nSPS) is 16.0. The van der Waals surface area contributed by atoms with Gasteiger partial charge >= 0.3 is 0 Å². The van der Waals surface area contributed by atoms with E-state index in [1.54, 1.807) is 12.1 Å². The van der Waals surface area contributed by atoms with Crippen LogP contribution in [0.5, 0.6) is 0 Å². The average Bonchev–Trinajstić information content (AvgIpc) is 3.07. The molecule has 0 radical (unpaired) electrons. The van der Waals surface area contributed by atoms with E-state index < -0.39 is 10.0 Å². The van der Waals surface area contributed by atoms with Crippen molar-refractivity contribution >= 4 is 26.6 Å². The summed E-state index contributed by atoms with van der Waals surface area (Å²) >= 11 is 0. The van der Waals surface area contributed by atoms with Crippen molar-refractivity contribution < 1.29 is 8.42 Å². The highest BCUT2D eigenvalue weighted by Gasteiger charge is 2.34. The Morgan fingerprint density at radius 1 is 1.00 bits per heavy atom. The Kier molecular flexibility index (Phi) is 4.29. The molecule has 1 aromatic heterocycles. The van der Waals surface area contributed by atoms with Crippen LogP contribution in [0.25, 0.3) is 22.2 Å². The first-order chi connectivity index (χ1) is 14.5. The molecule has 1 N–H and O–H groups in total. The molecule has 1 aliphatic rings. The van der Waals surface area contributed by atoms with Gasteiger partial charge in [0, 0.05) is 28.9 Å². The van der Waals surface area contributed by atoms with E-state index in [1.165, 1.54) is 4.31 Å². The van der Waals surface area contributed by atoms with E-state index in [9.17, 15) is 8.42 Å². The van der Waals surface area contributed by atoms with E-state index in [4.69, 9.17) is 0 Å². The maximum absolute atomic E-state index is 13.7. The summed E-state index contributed by atoms with van der Waals surface area (Å²) in [5, 5.41) is 1.10. The lowest BCUT2D eigenvalue weighted by Gasteiger charge is -2.26. The van der Waals surface area contributed by atoms with Gasteiger partial charge in [-0.15, -0.1) is 6.58 Å². The maximum atomic E-state index is 13.7. The van der Waals surface area contributed by atoms with Gasteiger partial charge in [-0.05, 0) is 36.8 Å². The standard InChI is InChI=1S/C25H22N2O2S/c1-3-18-16-27(30(28,29)19-14-12-17(2)13-15-19)23-11-7-5-9-21(23)25-24(18)20-8-4-6-10-22(20)26-25/h3-15,18,26H,1,16H2,2H3. The Morgan fingerprint density at radius 2 is 1.70 bits per heavy atom. The van der Waals surface area contributed by atoms with Gasteiger partial charge in [0.2, 0.25) is 0 Å². The number of aromatic amines is 1. The van der Waals surface area contributed by atoms with E-state index in [2.05, 4.69) is 17.6 Å². The van der Waals surface area contributed by atoms with E-state index in [0.717, 1.165) is 33.3 Å². The van der Waals surface area contributed by atoms with Crippen LogP contribution in [0, 0.1) is 6.92 Å². The smallest absolute Gasteiger partial charge is 0.264 e. The Labute approximate surface area is 176 Å². The van der Waals surface area contributed by atoms with Gasteiger partial charge in [-0.25, -0.2) is 8.42 Å². The van der Waals surface area contributed by atoms with Gasteiger partial charge in [0.05, 0.1) is 16.3 Å². The number of H-pyrrole nitrogens is 1. The molecular weight excluding hydrogens is 392 g/mol. The number of fused-ring (bicyclic) bond motifs is 5. The summed E-state index contributed by atoms with van der Waals surface area (Å²) in [4.78, 5) is 3.82. The van der Waals surface area contributed by atoms with Gasteiger partial charge < -0.3 is 4.98 Å². The second kappa shape index (κ2) is 6.89. The minimum Gasteiger partial charge on any atom is -0.354 e. The number of nitrogens with one attached hydrogen (secondary N) is 1. The molecule has 30 heavy (non-hydrogen) atoms. The number of aryl methyl sites for hydroxylation is 1. The summed E-state index contributed by atoms with van der Waals surface area (Å²) < 4.78 is 28.9. The summed E-state index contributed by atoms with van der Waals surface area (Å²) in [7, 11) is -3.74. The molecule has 3 aromatic carbocycles. The Balaban J connectivity index is 1.77. The molecule has 0 amide bonds. The quantitative estimate of drug-likeness (QED) is 0.442. The van der Waals surface area contributed by atoms with Gasteiger partial charge in [-0.3, -0.25) is 4.31 Å². The van der Waals surface area contributed by atoms with Crippen LogP contribution in [0.2, 0.25) is 0 Å². The van der Waals surface area contributed by atoms with E-state index >= 15 is 0 Å². The summed E-state index contributed by atoms with van der Waals surface area (Å²) in [5.74, 6) is -0.149. The summed E-state index contributed by atoms with van der Waals surface area (Å²) in [6, 6.07) is 22.8. The van der Waals surface area contributed by atoms with Crippen LogP contribution < -0.4 is 4.31 Å². The van der Waals surface area contributed by atoms with E-state index in [1.807, 2.05) is 67.6 Å². The van der Waals surface area contributed by atoms with Crippen molar-refractivity contribution in [2.24, 2.45) is 0 Å². The summed E-state index contributed by atoms with van der Waals surface area (Å²) in [6.07, 6.45) is 1.85. The predicted molar refractivity (Wildman–Crippen MR) is 122 cm³/mol. The molecule has 4 aromatic rings. The minimum atomic E-state index is -3.74. The van der Waals surface area contributed by atoms with Gasteiger partial charge in [-0.2, -0.15) is 0 Å². The van der Waals surface area contributed by atoms with Crippen molar-refractivity contribution in [3.8, 4) is 11.3 Å². The van der Waals surface area contributed by atoms with Crippen LogP contribution in [-0.2, 0) is 10.0 Å². The van der Waals surface area contributed by atoms with Crippen molar-refractivity contribution in [1.82, 2.24) is 4.98 Å². The third-order valence-electron chi connectivity index (χ3n) is 5.82. The molecule has 0 spiro atoms. The second-order valence-corrected chi connectivity index (χ2v) is 9.53. The van der Waals surface area contributed by atoms with Crippen molar-refractivity contribution in [2.75, 3.05) is 10.8 Å². The SMILES string of the molecule is C=CC1CN(S(=O)(=O)c2ccc(C)cc2)c2ccccc2-c2[nH]c3ccccc3c21. The molecule has 5 heteroatoms. The first kappa shape index (κ1) is 18.7. The van der Waals surface area contributed by atoms with Gasteiger partial charge in [0.25, 0.3) is 10.0 Å². The Hall–Kier alpha value is -3.31. The third kappa shape index (κ3) is 2.77. The number of aromatic nitrogens is 1. The van der Waals surface area contributed by atoms with Gasteiger partial charge in [-0.1, -0.05) is 60.2 Å². The molecule has 1 unspecified atom stereocenters. The number of rotatable bonds is 3. The Morgan fingerprint density at radius 3 is 2.47 bits per heavy atom. The number of anilines is 1. The molecule has 0 fully saturated rings. The predicted octanol–water partition coefficient (Wildman–Crippen LogP) is 5.62. The van der Waals surface area contributed by atoms with E-state index in [0.29, 0.717) is 17.1 Å². The lowest BCUT2D eigenvalue weighted by molar-refractivity contribution is 0.589. The summed E-state index contributed by atoms with van der Waals surface area (Å²) in [6.45, 7) is 6.28. The lowest BCUT2D eigenvalue weighted by atomic mass is 9.94. The number of sulfonamides is 1. The van der Waals surface area contributed by atoms with Crippen LogP contribution in [0.3, 0.4) is 0 Å². The molecule has 0 aliphatic carbocycles. The number of benzene rings is 3. The van der Waals surface area contributed by atoms with Crippen molar-refractivity contribution in [1.29, 1.82) is 0 Å². The molecule has 0 saturated heterocycles. The molecule has 150 valence electrons. The average molecular weight is 415 g/mol. The second-order valence-electron chi connectivity index (χ2n) is 7.67. The molecule has 4 nitrogen and oxygen atoms in total. The number of nitrogens with zero attached hydrogens (tertiary/aromatic N) is 1. The van der Waals surface area contributed by atoms with Crippen molar-refractivity contribution in [3.63, 3.8) is 0 Å². The molecule has 0 saturated carbocycles. The van der Waals surface area contributed by atoms with Gasteiger partial charge in [0.1, 0.15) is 0 Å². The highest BCUT2D eigenvalue weighted by Crippen LogP contribution is 2.45. The minimum absolute atomic E-state index is 0.149. The van der Waals surface area contributed by atoms with Crippen LogP contribution in [0.1, 0.15) is 17.0 Å². The number of hydrogen-bond acceptors (Lipinski definition) is 2. The van der Waals surface area contributed by atoms with Crippen LogP contribution in [-0.4, -0.2) is 19.9 Å². The van der Waals surface area contributed by atoms with Gasteiger partial charge in [0.15, 0.2) is 0 Å². The monoisotopic (exact) mass is 414 g/mol. The molecule has 1 atom stereocenters. The molecule has 1 aliphatic heterocycles. The number of hydrogen-bond donors (Lipinski definition) is 1. The Bertz CT molecular complexity index is 1370. The zero-order chi connectivity index (χ0) is 20.9. The highest BCUT2D eigenvalue weighted by molar-refractivity contribution is 7.92. The first-order valence-electron chi connectivity index (χ1n) is 9.92. The lowest BCUT2D eigenvalue weighted by Crippen LogP contribution is -2.34. The largest absolute Gasteiger partial charge is 0.354 e. The van der Waals surface area contributed by atoms with Crippen LogP contribution >= 0.6 is 0 Å². The fourth-order valence-electron chi connectivity index (χ4n) is 4.29. The zero-order valence-electron chi connectivity index (χ0n) is 16.7. The van der Waals surface area contributed by atoms with E-state index in [-0.39, 0.29) is 5.92 Å². The first-order valence-corrected chi connectivity index (χ1v) is 11.4. The summed E-state index contributed by atoms with van der Waals surface area (Å²) in [5.41, 5.74) is 5.67. The maximum Gasteiger partial charge on any atom is 0.264 e. The van der Waals surface area contributed by atoms with Crippen molar-refractivity contribution in [2.45, 2.75) is 17.7 Å².